The number of carbonyl (C=O) groups is 1. The molecule has 2 aromatic heterocycles. The molecule has 0 saturated carbocycles. The van der Waals surface area contributed by atoms with Crippen LogP contribution in [0.25, 0.3) is 10.9 Å². The highest BCUT2D eigenvalue weighted by atomic mass is 32.1. The van der Waals surface area contributed by atoms with Crippen LogP contribution in [0.3, 0.4) is 0 Å². The van der Waals surface area contributed by atoms with Crippen molar-refractivity contribution in [1.82, 2.24) is 9.99 Å². The Balaban J connectivity index is 1.52. The lowest BCUT2D eigenvalue weighted by atomic mass is 10.2. The van der Waals surface area contributed by atoms with E-state index in [1.54, 1.807) is 17.6 Å². The Kier molecular flexibility index (Phi) is 5.12. The number of amides is 1. The smallest absolute Gasteiger partial charge is 0.245 e. The molecule has 0 saturated heterocycles. The average Bonchev–Trinajstić information content (AvgIpc) is 3.31. The Morgan fingerprint density at radius 2 is 1.85 bits per heavy atom. The number of nitrogens with zero attached hydrogens (tertiary/aromatic N) is 2. The van der Waals surface area contributed by atoms with Gasteiger partial charge in [-0.15, -0.1) is 11.3 Å². The molecular formula is C22H19N3OS. The fourth-order valence-electron chi connectivity index (χ4n) is 3.07. The number of benzene rings is 2. The number of hydrogen-bond donors (Lipinski definition) is 1. The minimum absolute atomic E-state index is 0.110. The standard InChI is InChI=1S/C22H19N3OS/c26-22(13-19-9-6-12-27-19)24-23-14-18-16-25(15-17-7-2-1-3-8-17)21-11-5-4-10-20(18)21/h1-12,14,16H,13,15H2,(H,24,26). The van der Waals surface area contributed by atoms with Gasteiger partial charge >= 0.3 is 0 Å². The van der Waals surface area contributed by atoms with E-state index < -0.39 is 0 Å². The average molecular weight is 373 g/mol. The first-order chi connectivity index (χ1) is 13.3. The number of hydrogen-bond acceptors (Lipinski definition) is 3. The number of rotatable bonds is 6. The van der Waals surface area contributed by atoms with Gasteiger partial charge in [-0.1, -0.05) is 54.6 Å². The molecule has 1 amide bonds. The Morgan fingerprint density at radius 3 is 2.67 bits per heavy atom. The zero-order valence-electron chi connectivity index (χ0n) is 14.7. The first-order valence-electron chi connectivity index (χ1n) is 8.76. The van der Waals surface area contributed by atoms with Crippen LogP contribution in [0.2, 0.25) is 0 Å². The quantitative estimate of drug-likeness (QED) is 0.394. The summed E-state index contributed by atoms with van der Waals surface area (Å²) >= 11 is 1.57. The van der Waals surface area contributed by atoms with Crippen LogP contribution >= 0.6 is 11.3 Å². The predicted octanol–water partition coefficient (Wildman–Crippen LogP) is 4.44. The maximum atomic E-state index is 12.0. The van der Waals surface area contributed by atoms with Crippen LogP contribution in [0, 0.1) is 0 Å². The molecule has 0 bridgehead atoms. The lowest BCUT2D eigenvalue weighted by Gasteiger charge is -2.05. The molecule has 2 heterocycles. The molecule has 0 radical (unpaired) electrons. The van der Waals surface area contributed by atoms with E-state index in [4.69, 9.17) is 0 Å². The van der Waals surface area contributed by atoms with E-state index in [1.807, 2.05) is 47.8 Å². The zero-order chi connectivity index (χ0) is 18.5. The van der Waals surface area contributed by atoms with E-state index >= 15 is 0 Å². The Hall–Kier alpha value is -3.18. The molecule has 4 rings (SSSR count). The van der Waals surface area contributed by atoms with E-state index in [1.165, 1.54) is 5.56 Å². The van der Waals surface area contributed by atoms with Gasteiger partial charge in [0, 0.05) is 34.1 Å². The third-order valence-electron chi connectivity index (χ3n) is 4.32. The maximum absolute atomic E-state index is 12.0. The maximum Gasteiger partial charge on any atom is 0.245 e. The molecule has 0 unspecified atom stereocenters. The topological polar surface area (TPSA) is 46.4 Å². The first kappa shape index (κ1) is 17.2. The summed E-state index contributed by atoms with van der Waals surface area (Å²) < 4.78 is 2.21. The van der Waals surface area contributed by atoms with Crippen molar-refractivity contribution < 1.29 is 4.79 Å². The third-order valence-corrected chi connectivity index (χ3v) is 5.20. The van der Waals surface area contributed by atoms with Crippen molar-refractivity contribution in [2.45, 2.75) is 13.0 Å². The van der Waals surface area contributed by atoms with Crippen LogP contribution in [0.4, 0.5) is 0 Å². The van der Waals surface area contributed by atoms with Crippen LogP contribution in [0.1, 0.15) is 16.0 Å². The summed E-state index contributed by atoms with van der Waals surface area (Å²) in [7, 11) is 0. The number of hydrazone groups is 1. The van der Waals surface area contributed by atoms with Crippen molar-refractivity contribution in [3.63, 3.8) is 0 Å². The van der Waals surface area contributed by atoms with E-state index in [0.717, 1.165) is 27.9 Å². The van der Waals surface area contributed by atoms with Gasteiger partial charge in [-0.2, -0.15) is 5.10 Å². The van der Waals surface area contributed by atoms with Crippen molar-refractivity contribution in [3.05, 3.63) is 94.3 Å². The third kappa shape index (κ3) is 4.15. The van der Waals surface area contributed by atoms with Crippen molar-refractivity contribution in [1.29, 1.82) is 0 Å². The number of para-hydroxylation sites is 1. The van der Waals surface area contributed by atoms with E-state index in [0.29, 0.717) is 6.42 Å². The minimum atomic E-state index is -0.110. The highest BCUT2D eigenvalue weighted by Crippen LogP contribution is 2.21. The molecule has 0 aliphatic rings. The summed E-state index contributed by atoms with van der Waals surface area (Å²) in [4.78, 5) is 13.0. The molecule has 4 nitrogen and oxygen atoms in total. The molecule has 134 valence electrons. The van der Waals surface area contributed by atoms with Gasteiger partial charge in [0.2, 0.25) is 5.91 Å². The SMILES string of the molecule is O=C(Cc1cccs1)NN=Cc1cn(Cc2ccccc2)c2ccccc12. The lowest BCUT2D eigenvalue weighted by molar-refractivity contribution is -0.120. The summed E-state index contributed by atoms with van der Waals surface area (Å²) in [5.41, 5.74) is 5.99. The highest BCUT2D eigenvalue weighted by molar-refractivity contribution is 7.10. The van der Waals surface area contributed by atoms with Crippen LogP contribution in [0.15, 0.2) is 83.4 Å². The number of aromatic nitrogens is 1. The summed E-state index contributed by atoms with van der Waals surface area (Å²) in [5.74, 6) is -0.110. The number of nitrogens with one attached hydrogen (secondary N) is 1. The fraction of sp³-hybridized carbons (Fsp3) is 0.0909. The van der Waals surface area contributed by atoms with Gasteiger partial charge in [-0.25, -0.2) is 5.43 Å². The highest BCUT2D eigenvalue weighted by Gasteiger charge is 2.07. The summed E-state index contributed by atoms with van der Waals surface area (Å²) in [5, 5.41) is 7.24. The zero-order valence-corrected chi connectivity index (χ0v) is 15.5. The number of thiophene rings is 1. The minimum Gasteiger partial charge on any atom is -0.342 e. The van der Waals surface area contributed by atoms with Gasteiger partial charge < -0.3 is 4.57 Å². The Morgan fingerprint density at radius 1 is 1.04 bits per heavy atom. The number of fused-ring (bicyclic) bond motifs is 1. The van der Waals surface area contributed by atoms with Gasteiger partial charge in [0.25, 0.3) is 0 Å². The van der Waals surface area contributed by atoms with Crippen LogP contribution in [-0.4, -0.2) is 16.7 Å². The molecule has 2 aromatic carbocycles. The van der Waals surface area contributed by atoms with E-state index in [-0.39, 0.29) is 5.91 Å². The van der Waals surface area contributed by atoms with Crippen molar-refractivity contribution in [2.24, 2.45) is 5.10 Å². The lowest BCUT2D eigenvalue weighted by Crippen LogP contribution is -2.19. The normalized spacial score (nSPS) is 11.3. The summed E-state index contributed by atoms with van der Waals surface area (Å²) in [6.07, 6.45) is 4.15. The summed E-state index contributed by atoms with van der Waals surface area (Å²) in [6, 6.07) is 22.5. The molecule has 0 aliphatic heterocycles. The van der Waals surface area contributed by atoms with Crippen molar-refractivity contribution in [3.8, 4) is 0 Å². The van der Waals surface area contributed by atoms with Gasteiger partial charge in [-0.3, -0.25) is 4.79 Å². The van der Waals surface area contributed by atoms with Gasteiger partial charge in [-0.05, 0) is 23.1 Å². The molecule has 1 N–H and O–H groups in total. The molecule has 5 heteroatoms. The van der Waals surface area contributed by atoms with Crippen LogP contribution in [0.5, 0.6) is 0 Å². The molecule has 0 fully saturated rings. The Labute approximate surface area is 161 Å². The molecule has 27 heavy (non-hydrogen) atoms. The number of carbonyl (C=O) groups excluding carboxylic acids is 1. The first-order valence-corrected chi connectivity index (χ1v) is 9.63. The Bertz CT molecular complexity index is 1070. The van der Waals surface area contributed by atoms with Gasteiger partial charge in [0.05, 0.1) is 12.6 Å². The van der Waals surface area contributed by atoms with E-state index in [9.17, 15) is 4.79 Å². The van der Waals surface area contributed by atoms with Gasteiger partial charge in [0.15, 0.2) is 0 Å². The molecule has 0 spiro atoms. The van der Waals surface area contributed by atoms with Crippen molar-refractivity contribution >= 4 is 34.4 Å². The van der Waals surface area contributed by atoms with Crippen LogP contribution in [-0.2, 0) is 17.8 Å². The van der Waals surface area contributed by atoms with Gasteiger partial charge in [0.1, 0.15) is 0 Å². The second kappa shape index (κ2) is 8.01. The largest absolute Gasteiger partial charge is 0.342 e. The summed E-state index contributed by atoms with van der Waals surface area (Å²) in [6.45, 7) is 0.792. The fourth-order valence-corrected chi connectivity index (χ4v) is 3.78. The molecule has 0 aliphatic carbocycles. The van der Waals surface area contributed by atoms with Crippen LogP contribution < -0.4 is 5.43 Å². The second-order valence-corrected chi connectivity index (χ2v) is 7.30. The molecular weight excluding hydrogens is 354 g/mol. The molecule has 4 aromatic rings. The predicted molar refractivity (Wildman–Crippen MR) is 111 cm³/mol. The monoisotopic (exact) mass is 373 g/mol. The molecule has 0 atom stereocenters. The second-order valence-electron chi connectivity index (χ2n) is 6.26. The van der Waals surface area contributed by atoms with E-state index in [2.05, 4.69) is 45.6 Å². The van der Waals surface area contributed by atoms with Crippen molar-refractivity contribution in [2.75, 3.05) is 0 Å².